The number of carbonyl (C=O) groups is 2. The second-order valence-electron chi connectivity index (χ2n) is 2.90. The molecule has 5 nitrogen and oxygen atoms in total. The number of amides is 2. The molecule has 14 heavy (non-hydrogen) atoms. The van der Waals surface area contributed by atoms with Gasteiger partial charge in [0.15, 0.2) is 0 Å². The molecule has 0 atom stereocenters. The van der Waals surface area contributed by atoms with E-state index in [-0.39, 0.29) is 30.7 Å². The van der Waals surface area contributed by atoms with E-state index in [1.54, 1.807) is 21.6 Å². The number of rotatable bonds is 4. The van der Waals surface area contributed by atoms with Crippen molar-refractivity contribution in [2.45, 2.75) is 18.9 Å². The van der Waals surface area contributed by atoms with Crippen LogP contribution in [0.1, 0.15) is 12.8 Å². The summed E-state index contributed by atoms with van der Waals surface area (Å²) in [5.74, 6) is 6.38. The molecule has 0 saturated carbocycles. The van der Waals surface area contributed by atoms with Crippen molar-refractivity contribution >= 4 is 33.4 Å². The molecule has 80 valence electrons. The first-order chi connectivity index (χ1) is 6.72. The molecule has 0 aromatic rings. The zero-order valence-electron chi connectivity index (χ0n) is 7.62. The Hall–Kier alpha value is -0.400. The van der Waals surface area contributed by atoms with Crippen LogP contribution in [0.25, 0.3) is 0 Å². The van der Waals surface area contributed by atoms with Crippen LogP contribution < -0.4 is 16.6 Å². The minimum Gasteiger partial charge on any atom is -0.352 e. The van der Waals surface area contributed by atoms with E-state index in [9.17, 15) is 9.59 Å². The fourth-order valence-electron chi connectivity index (χ4n) is 0.991. The molecule has 1 aliphatic rings. The van der Waals surface area contributed by atoms with Crippen molar-refractivity contribution in [1.82, 2.24) is 10.7 Å². The zero-order valence-corrected chi connectivity index (χ0v) is 9.25. The Morgan fingerprint density at radius 3 is 2.36 bits per heavy atom. The number of hydrogen-bond donors (Lipinski definition) is 3. The summed E-state index contributed by atoms with van der Waals surface area (Å²) in [5, 5.41) is 2.86. The van der Waals surface area contributed by atoms with E-state index in [1.165, 1.54) is 0 Å². The summed E-state index contributed by atoms with van der Waals surface area (Å²) in [6, 6.07) is 0.249. The van der Waals surface area contributed by atoms with E-state index in [0.29, 0.717) is 0 Å². The van der Waals surface area contributed by atoms with Crippen LogP contribution in [0.3, 0.4) is 0 Å². The Morgan fingerprint density at radius 1 is 1.21 bits per heavy atom. The van der Waals surface area contributed by atoms with E-state index in [1.807, 2.05) is 5.43 Å². The third-order valence-corrected chi connectivity index (χ3v) is 4.29. The van der Waals surface area contributed by atoms with Crippen molar-refractivity contribution in [3.8, 4) is 0 Å². The highest BCUT2D eigenvalue weighted by Gasteiger charge is 2.18. The van der Waals surface area contributed by atoms with Crippen LogP contribution in [-0.4, -0.2) is 29.4 Å². The molecule has 1 fully saturated rings. The van der Waals surface area contributed by atoms with Crippen molar-refractivity contribution in [2.75, 3.05) is 11.5 Å². The van der Waals surface area contributed by atoms with Gasteiger partial charge in [0, 0.05) is 30.4 Å². The molecule has 2 amide bonds. The summed E-state index contributed by atoms with van der Waals surface area (Å²) >= 11 is 0. The lowest BCUT2D eigenvalue weighted by atomic mass is 10.2. The van der Waals surface area contributed by atoms with Gasteiger partial charge in [-0.2, -0.15) is 0 Å². The first-order valence-corrected chi connectivity index (χ1v) is 6.74. The number of nitrogens with two attached hydrogens (primary N) is 1. The quantitative estimate of drug-likeness (QED) is 0.268. The Balaban J connectivity index is 2.12. The highest BCUT2D eigenvalue weighted by molar-refractivity contribution is 8.77. The van der Waals surface area contributed by atoms with E-state index < -0.39 is 0 Å². The average Bonchev–Trinajstić information content (AvgIpc) is 2.66. The highest BCUT2D eigenvalue weighted by atomic mass is 33.1. The maximum Gasteiger partial charge on any atom is 0.234 e. The molecular formula is C7H13N3O2S2. The first kappa shape index (κ1) is 11.7. The maximum atomic E-state index is 11.3. The van der Waals surface area contributed by atoms with Gasteiger partial charge in [0.2, 0.25) is 11.8 Å². The average molecular weight is 235 g/mol. The zero-order chi connectivity index (χ0) is 10.4. The number of nitrogens with one attached hydrogen (secondary N) is 2. The van der Waals surface area contributed by atoms with Crippen molar-refractivity contribution in [2.24, 2.45) is 5.84 Å². The third kappa shape index (κ3) is 4.21. The predicted molar refractivity (Wildman–Crippen MR) is 58.4 cm³/mol. The monoisotopic (exact) mass is 235 g/mol. The number of hydrogen-bond acceptors (Lipinski definition) is 5. The number of hydrazine groups is 1. The second kappa shape index (κ2) is 6.15. The summed E-state index contributed by atoms with van der Waals surface area (Å²) in [5.41, 5.74) is 1.99. The van der Waals surface area contributed by atoms with E-state index in [2.05, 4.69) is 5.32 Å². The summed E-state index contributed by atoms with van der Waals surface area (Å²) < 4.78 is 0. The number of carbonyl (C=O) groups excluding carboxylic acids is 2. The van der Waals surface area contributed by atoms with Crippen molar-refractivity contribution in [3.05, 3.63) is 0 Å². The van der Waals surface area contributed by atoms with Crippen molar-refractivity contribution in [1.29, 1.82) is 0 Å². The Kier molecular flexibility index (Phi) is 5.13. The second-order valence-corrected chi connectivity index (χ2v) is 5.45. The van der Waals surface area contributed by atoms with Crippen molar-refractivity contribution in [3.63, 3.8) is 0 Å². The van der Waals surface area contributed by atoms with Crippen LogP contribution in [0.15, 0.2) is 0 Å². The van der Waals surface area contributed by atoms with Gasteiger partial charge in [-0.25, -0.2) is 5.84 Å². The normalized spacial score (nSPS) is 16.6. The molecule has 0 aliphatic carbocycles. The summed E-state index contributed by atoms with van der Waals surface area (Å²) in [6.07, 6.45) is 0.351. The molecule has 0 unspecified atom stereocenters. The first-order valence-electron chi connectivity index (χ1n) is 4.25. The van der Waals surface area contributed by atoms with Crippen LogP contribution in [0.5, 0.6) is 0 Å². The SMILES string of the molecule is NNC(=O)CCC(=O)NC1CSSC1. The van der Waals surface area contributed by atoms with Gasteiger partial charge in [-0.1, -0.05) is 21.6 Å². The Bertz CT molecular complexity index is 219. The minimum absolute atomic E-state index is 0.0818. The van der Waals surface area contributed by atoms with Gasteiger partial charge in [-0.15, -0.1) is 0 Å². The maximum absolute atomic E-state index is 11.3. The van der Waals surface area contributed by atoms with Crippen LogP contribution in [-0.2, 0) is 9.59 Å². The van der Waals surface area contributed by atoms with Gasteiger partial charge < -0.3 is 5.32 Å². The van der Waals surface area contributed by atoms with Gasteiger partial charge in [0.05, 0.1) is 0 Å². The van der Waals surface area contributed by atoms with Gasteiger partial charge >= 0.3 is 0 Å². The van der Waals surface area contributed by atoms with E-state index >= 15 is 0 Å². The predicted octanol–water partition coefficient (Wildman–Crippen LogP) is -0.364. The highest BCUT2D eigenvalue weighted by Crippen LogP contribution is 2.30. The standard InChI is InChI=1S/C7H13N3O2S2/c8-10-7(12)2-1-6(11)9-5-3-13-14-4-5/h5H,1-4,8H2,(H,9,11)(H,10,12). The summed E-state index contributed by atoms with van der Waals surface area (Å²) in [7, 11) is 3.51. The molecule has 0 aromatic carbocycles. The van der Waals surface area contributed by atoms with Gasteiger partial charge in [0.25, 0.3) is 0 Å². The van der Waals surface area contributed by atoms with Crippen LogP contribution in [0.4, 0.5) is 0 Å². The lowest BCUT2D eigenvalue weighted by molar-refractivity contribution is -0.126. The smallest absolute Gasteiger partial charge is 0.234 e. The molecular weight excluding hydrogens is 222 g/mol. The fraction of sp³-hybridized carbons (Fsp3) is 0.714. The largest absolute Gasteiger partial charge is 0.352 e. The topological polar surface area (TPSA) is 84.2 Å². The van der Waals surface area contributed by atoms with Gasteiger partial charge in [-0.05, 0) is 0 Å². The van der Waals surface area contributed by atoms with E-state index in [4.69, 9.17) is 5.84 Å². The Labute approximate surface area is 90.3 Å². The molecule has 4 N–H and O–H groups in total. The Morgan fingerprint density at radius 2 is 1.79 bits per heavy atom. The van der Waals surface area contributed by atoms with E-state index in [0.717, 1.165) is 11.5 Å². The van der Waals surface area contributed by atoms with Gasteiger partial charge in [-0.3, -0.25) is 15.0 Å². The summed E-state index contributed by atoms with van der Waals surface area (Å²) in [4.78, 5) is 22.0. The molecule has 1 aliphatic heterocycles. The molecule has 0 aromatic heterocycles. The molecule has 7 heteroatoms. The van der Waals surface area contributed by atoms with Gasteiger partial charge in [0.1, 0.15) is 0 Å². The van der Waals surface area contributed by atoms with Crippen LogP contribution >= 0.6 is 21.6 Å². The summed E-state index contributed by atoms with van der Waals surface area (Å²) in [6.45, 7) is 0. The van der Waals surface area contributed by atoms with Crippen LogP contribution in [0, 0.1) is 0 Å². The minimum atomic E-state index is -0.310. The fourth-order valence-corrected chi connectivity index (χ4v) is 3.63. The van der Waals surface area contributed by atoms with Crippen molar-refractivity contribution < 1.29 is 9.59 Å². The lowest BCUT2D eigenvalue weighted by Crippen LogP contribution is -2.37. The molecule has 0 radical (unpaired) electrons. The molecule has 0 bridgehead atoms. The lowest BCUT2D eigenvalue weighted by Gasteiger charge is -2.09. The molecule has 1 heterocycles. The molecule has 0 spiro atoms. The van der Waals surface area contributed by atoms with Crippen LogP contribution in [0.2, 0.25) is 0 Å². The molecule has 1 rings (SSSR count). The third-order valence-electron chi connectivity index (χ3n) is 1.73. The molecule has 1 saturated heterocycles.